The number of thioether (sulfide) groups is 1. The first-order chi connectivity index (χ1) is 14.9. The van der Waals surface area contributed by atoms with Gasteiger partial charge in [0.05, 0.1) is 29.0 Å². The van der Waals surface area contributed by atoms with Crippen LogP contribution in [0.2, 0.25) is 5.02 Å². The molecule has 1 amide bonds. The van der Waals surface area contributed by atoms with Crippen molar-refractivity contribution in [3.63, 3.8) is 0 Å². The lowest BCUT2D eigenvalue weighted by Crippen LogP contribution is -2.44. The molecule has 4 rings (SSSR count). The molecular formula is C23H26ClN3O3S. The van der Waals surface area contributed by atoms with Gasteiger partial charge in [-0.2, -0.15) is 0 Å². The standard InChI is InChI=1S/C23H26ClN3O3S/c1-14-6-3-4-8-19(14)25-21(28)15(2)31-23-26-20-12-16(24)9-10-18(20)22(29)27(23)13-17-7-5-11-30-17/h5,7,9-12,14-15,19H,3-4,6,8,13H2,1-2H3,(H,25,28). The number of nitrogens with zero attached hydrogens (tertiary/aromatic N) is 2. The topological polar surface area (TPSA) is 77.1 Å². The van der Waals surface area contributed by atoms with Crippen molar-refractivity contribution in [2.45, 2.75) is 62.5 Å². The quantitative estimate of drug-likeness (QED) is 0.420. The molecule has 0 radical (unpaired) electrons. The Bertz CT molecular complexity index is 1130. The molecule has 2 aromatic heterocycles. The highest BCUT2D eigenvalue weighted by Gasteiger charge is 2.26. The van der Waals surface area contributed by atoms with Crippen LogP contribution in [-0.2, 0) is 11.3 Å². The van der Waals surface area contributed by atoms with Crippen molar-refractivity contribution in [2.24, 2.45) is 5.92 Å². The predicted molar refractivity (Wildman–Crippen MR) is 124 cm³/mol. The zero-order chi connectivity index (χ0) is 22.0. The number of carbonyl (C=O) groups excluding carboxylic acids is 1. The number of nitrogens with one attached hydrogen (secondary N) is 1. The van der Waals surface area contributed by atoms with Gasteiger partial charge in [-0.3, -0.25) is 14.2 Å². The van der Waals surface area contributed by atoms with Crippen LogP contribution in [0.25, 0.3) is 10.9 Å². The summed E-state index contributed by atoms with van der Waals surface area (Å²) in [5.74, 6) is 1.09. The summed E-state index contributed by atoms with van der Waals surface area (Å²) < 4.78 is 7.01. The van der Waals surface area contributed by atoms with Crippen LogP contribution in [-0.4, -0.2) is 26.8 Å². The van der Waals surface area contributed by atoms with Gasteiger partial charge in [0.2, 0.25) is 5.91 Å². The fourth-order valence-electron chi connectivity index (χ4n) is 4.00. The molecule has 3 aromatic rings. The van der Waals surface area contributed by atoms with Gasteiger partial charge in [0.1, 0.15) is 5.76 Å². The number of benzene rings is 1. The van der Waals surface area contributed by atoms with Crippen LogP contribution in [0.3, 0.4) is 0 Å². The van der Waals surface area contributed by atoms with Crippen LogP contribution in [0.4, 0.5) is 0 Å². The minimum atomic E-state index is -0.402. The van der Waals surface area contributed by atoms with E-state index in [1.807, 2.05) is 13.0 Å². The number of hydrogen-bond acceptors (Lipinski definition) is 5. The molecule has 164 valence electrons. The van der Waals surface area contributed by atoms with E-state index in [1.165, 1.54) is 18.2 Å². The Kier molecular flexibility index (Phi) is 6.72. The zero-order valence-corrected chi connectivity index (χ0v) is 19.2. The van der Waals surface area contributed by atoms with Gasteiger partial charge in [0, 0.05) is 11.1 Å². The second-order valence-electron chi connectivity index (χ2n) is 8.16. The summed E-state index contributed by atoms with van der Waals surface area (Å²) in [5.41, 5.74) is 0.332. The smallest absolute Gasteiger partial charge is 0.262 e. The SMILES string of the molecule is CC(Sc1nc2cc(Cl)ccc2c(=O)n1Cc1ccco1)C(=O)NC1CCCCC1C. The molecular weight excluding hydrogens is 434 g/mol. The maximum atomic E-state index is 13.2. The molecule has 8 heteroatoms. The van der Waals surface area contributed by atoms with Crippen LogP contribution in [0.15, 0.2) is 51.0 Å². The van der Waals surface area contributed by atoms with E-state index in [2.05, 4.69) is 17.2 Å². The maximum Gasteiger partial charge on any atom is 0.262 e. The van der Waals surface area contributed by atoms with Crippen LogP contribution in [0, 0.1) is 5.92 Å². The molecule has 0 bridgehead atoms. The lowest BCUT2D eigenvalue weighted by molar-refractivity contribution is -0.121. The Labute approximate surface area is 190 Å². The summed E-state index contributed by atoms with van der Waals surface area (Å²) in [6.45, 7) is 4.28. The van der Waals surface area contributed by atoms with Crippen molar-refractivity contribution in [3.05, 3.63) is 57.7 Å². The van der Waals surface area contributed by atoms with Crippen molar-refractivity contribution in [2.75, 3.05) is 0 Å². The molecule has 3 atom stereocenters. The Morgan fingerprint density at radius 2 is 2.16 bits per heavy atom. The van der Waals surface area contributed by atoms with Crippen molar-refractivity contribution in [3.8, 4) is 0 Å². The fourth-order valence-corrected chi connectivity index (χ4v) is 5.09. The van der Waals surface area contributed by atoms with E-state index in [0.717, 1.165) is 19.3 Å². The number of halogens is 1. The molecule has 6 nitrogen and oxygen atoms in total. The van der Waals surface area contributed by atoms with Gasteiger partial charge in [-0.05, 0) is 56.0 Å². The molecule has 1 fully saturated rings. The van der Waals surface area contributed by atoms with E-state index >= 15 is 0 Å². The van der Waals surface area contributed by atoms with Crippen LogP contribution < -0.4 is 10.9 Å². The summed E-state index contributed by atoms with van der Waals surface area (Å²) in [6, 6.07) is 8.83. The average Bonchev–Trinajstić information content (AvgIpc) is 3.25. The first-order valence-corrected chi connectivity index (χ1v) is 11.9. The largest absolute Gasteiger partial charge is 0.467 e. The van der Waals surface area contributed by atoms with Crippen molar-refractivity contribution >= 4 is 40.2 Å². The third-order valence-corrected chi connectivity index (χ3v) is 7.19. The van der Waals surface area contributed by atoms with E-state index < -0.39 is 5.25 Å². The van der Waals surface area contributed by atoms with Gasteiger partial charge in [-0.25, -0.2) is 4.98 Å². The van der Waals surface area contributed by atoms with E-state index in [1.54, 1.807) is 35.1 Å². The molecule has 31 heavy (non-hydrogen) atoms. The molecule has 0 aliphatic heterocycles. The number of rotatable bonds is 6. The minimum Gasteiger partial charge on any atom is -0.467 e. The molecule has 2 heterocycles. The Balaban J connectivity index is 1.63. The second kappa shape index (κ2) is 9.49. The highest BCUT2D eigenvalue weighted by atomic mass is 35.5. The third kappa shape index (κ3) is 4.99. The summed E-state index contributed by atoms with van der Waals surface area (Å²) >= 11 is 7.40. The number of amides is 1. The van der Waals surface area contributed by atoms with Gasteiger partial charge in [-0.15, -0.1) is 0 Å². The van der Waals surface area contributed by atoms with Crippen molar-refractivity contribution in [1.82, 2.24) is 14.9 Å². The number of hydrogen-bond donors (Lipinski definition) is 1. The van der Waals surface area contributed by atoms with Crippen LogP contribution >= 0.6 is 23.4 Å². The van der Waals surface area contributed by atoms with Crippen LogP contribution in [0.5, 0.6) is 0 Å². The molecule has 3 unspecified atom stereocenters. The third-order valence-electron chi connectivity index (χ3n) is 5.87. The first-order valence-electron chi connectivity index (χ1n) is 10.6. The summed E-state index contributed by atoms with van der Waals surface area (Å²) in [7, 11) is 0. The summed E-state index contributed by atoms with van der Waals surface area (Å²) in [6.07, 6.45) is 6.10. The predicted octanol–water partition coefficient (Wildman–Crippen LogP) is 4.87. The first kappa shape index (κ1) is 22.0. The fraction of sp³-hybridized carbons (Fsp3) is 0.435. The lowest BCUT2D eigenvalue weighted by atomic mass is 9.86. The molecule has 1 aliphatic rings. The maximum absolute atomic E-state index is 13.2. The molecule has 1 N–H and O–H groups in total. The highest BCUT2D eigenvalue weighted by molar-refractivity contribution is 8.00. The minimum absolute atomic E-state index is 0.0336. The molecule has 1 saturated carbocycles. The van der Waals surface area contributed by atoms with Gasteiger partial charge < -0.3 is 9.73 Å². The molecule has 1 aromatic carbocycles. The van der Waals surface area contributed by atoms with E-state index in [4.69, 9.17) is 16.0 Å². The van der Waals surface area contributed by atoms with Gasteiger partial charge in [-0.1, -0.05) is 43.1 Å². The van der Waals surface area contributed by atoms with Gasteiger partial charge >= 0.3 is 0 Å². The zero-order valence-electron chi connectivity index (χ0n) is 17.6. The van der Waals surface area contributed by atoms with E-state index in [-0.39, 0.29) is 24.1 Å². The molecule has 0 spiro atoms. The van der Waals surface area contributed by atoms with E-state index in [0.29, 0.717) is 32.8 Å². The van der Waals surface area contributed by atoms with Gasteiger partial charge in [0.15, 0.2) is 5.16 Å². The summed E-state index contributed by atoms with van der Waals surface area (Å²) in [5, 5.41) is 4.26. The van der Waals surface area contributed by atoms with Crippen molar-refractivity contribution < 1.29 is 9.21 Å². The van der Waals surface area contributed by atoms with Gasteiger partial charge in [0.25, 0.3) is 5.56 Å². The number of carbonyl (C=O) groups is 1. The van der Waals surface area contributed by atoms with E-state index in [9.17, 15) is 9.59 Å². The van der Waals surface area contributed by atoms with Crippen LogP contribution in [0.1, 0.15) is 45.3 Å². The summed E-state index contributed by atoms with van der Waals surface area (Å²) in [4.78, 5) is 30.8. The number of aromatic nitrogens is 2. The second-order valence-corrected chi connectivity index (χ2v) is 9.91. The Morgan fingerprint density at radius 1 is 1.35 bits per heavy atom. The molecule has 0 saturated heterocycles. The Morgan fingerprint density at radius 3 is 2.90 bits per heavy atom. The number of fused-ring (bicyclic) bond motifs is 1. The number of furan rings is 1. The monoisotopic (exact) mass is 459 g/mol. The average molecular weight is 460 g/mol. The Hall–Kier alpha value is -2.25. The van der Waals surface area contributed by atoms with Crippen molar-refractivity contribution in [1.29, 1.82) is 0 Å². The molecule has 1 aliphatic carbocycles. The normalized spacial score (nSPS) is 20.0. The lowest BCUT2D eigenvalue weighted by Gasteiger charge is -2.30. The highest BCUT2D eigenvalue weighted by Crippen LogP contribution is 2.27.